The summed E-state index contributed by atoms with van der Waals surface area (Å²) in [4.78, 5) is 24.0. The Morgan fingerprint density at radius 1 is 1.07 bits per heavy atom. The van der Waals surface area contributed by atoms with Gasteiger partial charge in [-0.15, -0.1) is 0 Å². The van der Waals surface area contributed by atoms with Gasteiger partial charge in [-0.2, -0.15) is 8.78 Å². The Balaban J connectivity index is 1.19. The normalized spacial score (nSPS) is 29.4. The summed E-state index contributed by atoms with van der Waals surface area (Å²) in [5.41, 5.74) is 0.869. The van der Waals surface area contributed by atoms with Gasteiger partial charge in [0.1, 0.15) is 5.75 Å². The number of hydrogen-bond acceptors (Lipinski definition) is 4. The van der Waals surface area contributed by atoms with E-state index < -0.39 is 12.6 Å². The van der Waals surface area contributed by atoms with E-state index >= 15 is 0 Å². The maximum atomic E-state index is 12.2. The predicted molar refractivity (Wildman–Crippen MR) is 107 cm³/mol. The smallest absolute Gasteiger partial charge is 0.387 e. The second-order valence-electron chi connectivity index (χ2n) is 9.08. The molecule has 0 heterocycles. The molecule has 4 fully saturated rings. The van der Waals surface area contributed by atoms with Crippen molar-refractivity contribution in [1.82, 2.24) is 5.32 Å². The zero-order valence-electron chi connectivity index (χ0n) is 16.8. The third-order valence-corrected chi connectivity index (χ3v) is 6.69. The highest BCUT2D eigenvalue weighted by Gasteiger charge is 2.50. The summed E-state index contributed by atoms with van der Waals surface area (Å²) in [5, 5.41) is 2.98. The van der Waals surface area contributed by atoms with Crippen molar-refractivity contribution >= 4 is 18.0 Å². The van der Waals surface area contributed by atoms with Gasteiger partial charge < -0.3 is 14.8 Å². The highest BCUT2D eigenvalue weighted by atomic mass is 19.3. The van der Waals surface area contributed by atoms with E-state index in [4.69, 9.17) is 4.74 Å². The molecule has 5 rings (SSSR count). The summed E-state index contributed by atoms with van der Waals surface area (Å²) < 4.78 is 33.5. The Labute approximate surface area is 174 Å². The van der Waals surface area contributed by atoms with Gasteiger partial charge in [0.15, 0.2) is 6.61 Å². The highest BCUT2D eigenvalue weighted by molar-refractivity contribution is 5.89. The maximum Gasteiger partial charge on any atom is 0.387 e. The van der Waals surface area contributed by atoms with Gasteiger partial charge in [0, 0.05) is 12.6 Å². The first-order valence-corrected chi connectivity index (χ1v) is 10.6. The molecule has 0 aromatic heterocycles. The molecular weight excluding hydrogens is 392 g/mol. The van der Waals surface area contributed by atoms with Crippen molar-refractivity contribution in [2.75, 3.05) is 13.2 Å². The molecule has 7 heteroatoms. The van der Waals surface area contributed by atoms with E-state index in [1.807, 2.05) is 0 Å². The molecule has 0 aliphatic heterocycles. The summed E-state index contributed by atoms with van der Waals surface area (Å²) in [5.74, 6) is 1.61. The molecule has 1 N–H and O–H groups in total. The second-order valence-corrected chi connectivity index (χ2v) is 9.08. The zero-order valence-corrected chi connectivity index (χ0v) is 16.8. The van der Waals surface area contributed by atoms with Crippen molar-refractivity contribution in [3.63, 3.8) is 0 Å². The van der Waals surface area contributed by atoms with E-state index in [2.05, 4.69) is 10.1 Å². The van der Waals surface area contributed by atoms with E-state index in [-0.39, 0.29) is 23.7 Å². The molecule has 4 aliphatic rings. The standard InChI is InChI=1S/C23H27F2NO4/c24-22(25)30-19-4-1-15(2-5-19)3-6-21(28)29-13-20(27)26-14-23-10-16-7-17(11-23)9-18(8-16)12-23/h1-6,16-18,22H,7-14H2,(H,26,27)/b6-3+. The number of amides is 1. The molecule has 30 heavy (non-hydrogen) atoms. The van der Waals surface area contributed by atoms with Crippen LogP contribution < -0.4 is 10.1 Å². The lowest BCUT2D eigenvalue weighted by Crippen LogP contribution is -2.51. The Hall–Kier alpha value is -2.44. The summed E-state index contributed by atoms with van der Waals surface area (Å²) in [6.45, 7) is -2.51. The van der Waals surface area contributed by atoms with E-state index in [0.29, 0.717) is 12.1 Å². The van der Waals surface area contributed by atoms with E-state index in [1.54, 1.807) is 12.1 Å². The van der Waals surface area contributed by atoms with Gasteiger partial charge in [-0.05, 0) is 85.5 Å². The minimum Gasteiger partial charge on any atom is -0.452 e. The molecule has 0 atom stereocenters. The molecule has 4 bridgehead atoms. The van der Waals surface area contributed by atoms with Gasteiger partial charge >= 0.3 is 12.6 Å². The molecule has 1 aromatic rings. The number of rotatable bonds is 8. The largest absolute Gasteiger partial charge is 0.452 e. The number of nitrogens with one attached hydrogen (secondary N) is 1. The van der Waals surface area contributed by atoms with Crippen molar-refractivity contribution in [3.8, 4) is 5.75 Å². The molecule has 0 unspecified atom stereocenters. The van der Waals surface area contributed by atoms with Gasteiger partial charge in [0.25, 0.3) is 5.91 Å². The molecule has 0 saturated heterocycles. The van der Waals surface area contributed by atoms with Crippen LogP contribution in [0, 0.1) is 23.2 Å². The molecule has 0 spiro atoms. The number of ether oxygens (including phenoxy) is 2. The fraction of sp³-hybridized carbons (Fsp3) is 0.565. The Morgan fingerprint density at radius 2 is 1.67 bits per heavy atom. The molecule has 4 saturated carbocycles. The Morgan fingerprint density at radius 3 is 2.23 bits per heavy atom. The topological polar surface area (TPSA) is 64.6 Å². The minimum absolute atomic E-state index is 0.0421. The second kappa shape index (κ2) is 8.74. The van der Waals surface area contributed by atoms with Gasteiger partial charge in [-0.3, -0.25) is 4.79 Å². The van der Waals surface area contributed by atoms with Crippen LogP contribution in [0.1, 0.15) is 44.1 Å². The van der Waals surface area contributed by atoms with Crippen molar-refractivity contribution < 1.29 is 27.8 Å². The first kappa shape index (κ1) is 20.8. The van der Waals surface area contributed by atoms with Gasteiger partial charge in [0.2, 0.25) is 0 Å². The number of halogens is 2. The third kappa shape index (κ3) is 5.18. The molecule has 0 radical (unpaired) electrons. The molecule has 5 nitrogen and oxygen atoms in total. The summed E-state index contributed by atoms with van der Waals surface area (Å²) in [6.07, 6.45) is 10.4. The van der Waals surface area contributed by atoms with Crippen LogP contribution in [0.15, 0.2) is 30.3 Å². The number of alkyl halides is 2. The maximum absolute atomic E-state index is 12.2. The van der Waals surface area contributed by atoms with Crippen LogP contribution in [0.4, 0.5) is 8.78 Å². The zero-order chi connectivity index (χ0) is 21.1. The molecular formula is C23H27F2NO4. The summed E-state index contributed by atoms with van der Waals surface area (Å²) >= 11 is 0. The monoisotopic (exact) mass is 419 g/mol. The lowest BCUT2D eigenvalue weighted by Gasteiger charge is -2.56. The number of benzene rings is 1. The van der Waals surface area contributed by atoms with E-state index in [9.17, 15) is 18.4 Å². The van der Waals surface area contributed by atoms with E-state index in [1.165, 1.54) is 62.8 Å². The van der Waals surface area contributed by atoms with Crippen molar-refractivity contribution in [1.29, 1.82) is 0 Å². The van der Waals surface area contributed by atoms with Crippen molar-refractivity contribution in [2.45, 2.75) is 45.1 Å². The van der Waals surface area contributed by atoms with Gasteiger partial charge in [-0.1, -0.05) is 12.1 Å². The van der Waals surface area contributed by atoms with Gasteiger partial charge in [0.05, 0.1) is 0 Å². The van der Waals surface area contributed by atoms with Crippen molar-refractivity contribution in [2.24, 2.45) is 23.2 Å². The van der Waals surface area contributed by atoms with Crippen LogP contribution in [-0.4, -0.2) is 31.6 Å². The molecule has 162 valence electrons. The number of carbonyl (C=O) groups is 2. The summed E-state index contributed by atoms with van der Waals surface area (Å²) in [7, 11) is 0. The SMILES string of the molecule is O=C(COC(=O)/C=C/c1ccc(OC(F)F)cc1)NCC12CC3CC(CC(C3)C1)C2. The number of carbonyl (C=O) groups excluding carboxylic acids is 2. The van der Waals surface area contributed by atoms with Crippen LogP contribution in [0.5, 0.6) is 5.75 Å². The fourth-order valence-corrected chi connectivity index (χ4v) is 5.95. The first-order chi connectivity index (χ1) is 14.4. The van der Waals surface area contributed by atoms with Crippen LogP contribution in [0.2, 0.25) is 0 Å². The summed E-state index contributed by atoms with van der Waals surface area (Å²) in [6, 6.07) is 5.85. The van der Waals surface area contributed by atoms with Crippen LogP contribution in [0.25, 0.3) is 6.08 Å². The lowest BCUT2D eigenvalue weighted by molar-refractivity contribution is -0.144. The van der Waals surface area contributed by atoms with E-state index in [0.717, 1.165) is 17.8 Å². The highest BCUT2D eigenvalue weighted by Crippen LogP contribution is 2.59. The first-order valence-electron chi connectivity index (χ1n) is 10.6. The van der Waals surface area contributed by atoms with Crippen LogP contribution in [0.3, 0.4) is 0 Å². The lowest BCUT2D eigenvalue weighted by atomic mass is 9.49. The average Bonchev–Trinajstić information content (AvgIpc) is 2.69. The third-order valence-electron chi connectivity index (χ3n) is 6.69. The van der Waals surface area contributed by atoms with Crippen LogP contribution in [-0.2, 0) is 14.3 Å². The minimum atomic E-state index is -2.88. The Bertz CT molecular complexity index is 771. The van der Waals surface area contributed by atoms with Crippen LogP contribution >= 0.6 is 0 Å². The number of esters is 1. The van der Waals surface area contributed by atoms with Gasteiger partial charge in [-0.25, -0.2) is 4.79 Å². The molecule has 1 aromatic carbocycles. The molecule has 1 amide bonds. The quantitative estimate of drug-likeness (QED) is 0.507. The molecule has 4 aliphatic carbocycles. The Kier molecular flexibility index (Phi) is 6.06. The van der Waals surface area contributed by atoms with Crippen molar-refractivity contribution in [3.05, 3.63) is 35.9 Å². The average molecular weight is 419 g/mol. The predicted octanol–water partition coefficient (Wildman–Crippen LogP) is 4.18. The fourth-order valence-electron chi connectivity index (χ4n) is 5.95. The number of hydrogen-bond donors (Lipinski definition) is 1.